The molecule has 1 N–H and O–H groups in total. The molecule has 2 aliphatic rings. The fourth-order valence-electron chi connectivity index (χ4n) is 4.93. The first-order valence-electron chi connectivity index (χ1n) is 13.0. The summed E-state index contributed by atoms with van der Waals surface area (Å²) in [6.07, 6.45) is 2.06. The summed E-state index contributed by atoms with van der Waals surface area (Å²) >= 11 is 0. The van der Waals surface area contributed by atoms with Crippen molar-refractivity contribution in [2.24, 2.45) is 11.8 Å². The predicted molar refractivity (Wildman–Crippen MR) is 141 cm³/mol. The Bertz CT molecular complexity index is 874. The van der Waals surface area contributed by atoms with E-state index in [1.165, 1.54) is 0 Å². The van der Waals surface area contributed by atoms with E-state index in [9.17, 15) is 9.59 Å². The van der Waals surface area contributed by atoms with Crippen molar-refractivity contribution < 1.29 is 23.8 Å². The highest BCUT2D eigenvalue weighted by atomic mass is 16.5. The molecule has 0 unspecified atom stereocenters. The highest BCUT2D eigenvalue weighted by Gasteiger charge is 2.30. The van der Waals surface area contributed by atoms with Gasteiger partial charge in [0.1, 0.15) is 12.4 Å². The Morgan fingerprint density at radius 2 is 1.92 bits per heavy atom. The Morgan fingerprint density at radius 1 is 1.19 bits per heavy atom. The van der Waals surface area contributed by atoms with Gasteiger partial charge in [0.15, 0.2) is 0 Å². The molecule has 0 saturated carbocycles. The lowest BCUT2D eigenvalue weighted by Gasteiger charge is -2.38. The van der Waals surface area contributed by atoms with Gasteiger partial charge in [0, 0.05) is 64.8 Å². The van der Waals surface area contributed by atoms with Crippen LogP contribution >= 0.6 is 0 Å². The van der Waals surface area contributed by atoms with Gasteiger partial charge in [-0.2, -0.15) is 0 Å². The highest BCUT2D eigenvalue weighted by Crippen LogP contribution is 2.27. The minimum absolute atomic E-state index is 0.0864. The number of carbonyl (C=O) groups is 2. The molecule has 1 aromatic rings. The normalized spacial score (nSPS) is 25.0. The topological polar surface area (TPSA) is 83.6 Å². The van der Waals surface area contributed by atoms with E-state index < -0.39 is 0 Å². The van der Waals surface area contributed by atoms with Gasteiger partial charge in [-0.1, -0.05) is 6.92 Å². The fraction of sp³-hybridized carbons (Fsp3) is 0.704. The number of fused-ring (bicyclic) bond motifs is 1. The van der Waals surface area contributed by atoms with Crippen LogP contribution in [0.2, 0.25) is 0 Å². The Balaban J connectivity index is 1.87. The van der Waals surface area contributed by atoms with Gasteiger partial charge in [0.25, 0.3) is 5.91 Å². The summed E-state index contributed by atoms with van der Waals surface area (Å²) in [4.78, 5) is 31.7. The average molecular weight is 505 g/mol. The zero-order valence-corrected chi connectivity index (χ0v) is 22.8. The standard InChI is InChI=1S/C27H44N4O5/c1-19-14-31(15-21-9-11-35-12-10-21)20(2)18-36-24-13-22(28-26(32)17-29(3)4)7-8-23(24)27(33)30(5)16-25(19)34-6/h7-8,13,19-21,25H,9-12,14-18H2,1-6H3,(H,28,32)/t19-,20-,25-/m1/s1. The fourth-order valence-corrected chi connectivity index (χ4v) is 4.93. The Morgan fingerprint density at radius 3 is 2.58 bits per heavy atom. The first-order valence-corrected chi connectivity index (χ1v) is 13.0. The van der Waals surface area contributed by atoms with Gasteiger partial charge in [0.05, 0.1) is 18.2 Å². The van der Waals surface area contributed by atoms with Crippen molar-refractivity contribution in [3.05, 3.63) is 23.8 Å². The molecule has 202 valence electrons. The molecule has 0 spiro atoms. The molecule has 0 radical (unpaired) electrons. The van der Waals surface area contributed by atoms with E-state index in [0.29, 0.717) is 36.1 Å². The van der Waals surface area contributed by atoms with Crippen LogP contribution in [0.5, 0.6) is 5.75 Å². The van der Waals surface area contributed by atoms with Crippen LogP contribution in [0.4, 0.5) is 5.69 Å². The van der Waals surface area contributed by atoms with Crippen LogP contribution in [0.1, 0.15) is 37.0 Å². The molecule has 2 amide bonds. The number of carbonyl (C=O) groups excluding carboxylic acids is 2. The van der Waals surface area contributed by atoms with Crippen LogP contribution in [-0.2, 0) is 14.3 Å². The van der Waals surface area contributed by atoms with Crippen molar-refractivity contribution in [1.82, 2.24) is 14.7 Å². The molecule has 2 aliphatic heterocycles. The lowest BCUT2D eigenvalue weighted by Crippen LogP contribution is -2.48. The quantitative estimate of drug-likeness (QED) is 0.637. The molecule has 1 aromatic carbocycles. The second kappa shape index (κ2) is 13.4. The number of ether oxygens (including phenoxy) is 3. The highest BCUT2D eigenvalue weighted by molar-refractivity contribution is 5.98. The van der Waals surface area contributed by atoms with E-state index in [1.54, 1.807) is 42.2 Å². The van der Waals surface area contributed by atoms with Gasteiger partial charge in [-0.3, -0.25) is 14.5 Å². The molecule has 0 aliphatic carbocycles. The molecule has 1 fully saturated rings. The SMILES string of the molecule is CO[C@@H]1CN(C)C(=O)c2ccc(NC(=O)CN(C)C)cc2OC[C@@H](C)N(CC2CCOCC2)C[C@H]1C. The number of likely N-dealkylation sites (N-methyl/N-ethyl adjacent to an activating group) is 2. The maximum Gasteiger partial charge on any atom is 0.257 e. The summed E-state index contributed by atoms with van der Waals surface area (Å²) in [5.74, 6) is 1.07. The first kappa shape index (κ1) is 28.4. The molecule has 3 atom stereocenters. The lowest BCUT2D eigenvalue weighted by molar-refractivity contribution is -0.116. The van der Waals surface area contributed by atoms with Crippen LogP contribution in [0.25, 0.3) is 0 Å². The molecule has 1 saturated heterocycles. The van der Waals surface area contributed by atoms with Crippen LogP contribution in [0.15, 0.2) is 18.2 Å². The number of rotatable bonds is 6. The Kier molecular flexibility index (Phi) is 10.5. The molecule has 3 rings (SSSR count). The van der Waals surface area contributed by atoms with Crippen molar-refractivity contribution in [2.45, 2.75) is 38.8 Å². The number of hydrogen-bond acceptors (Lipinski definition) is 7. The molecule has 0 bridgehead atoms. The third-order valence-corrected chi connectivity index (χ3v) is 7.15. The van der Waals surface area contributed by atoms with E-state index >= 15 is 0 Å². The number of benzene rings is 1. The first-order chi connectivity index (χ1) is 17.2. The summed E-state index contributed by atoms with van der Waals surface area (Å²) in [6.45, 7) is 9.05. The molecular weight excluding hydrogens is 460 g/mol. The van der Waals surface area contributed by atoms with Crippen LogP contribution in [-0.4, -0.2) is 113 Å². The van der Waals surface area contributed by atoms with Crippen LogP contribution in [0, 0.1) is 11.8 Å². The van der Waals surface area contributed by atoms with Gasteiger partial charge in [-0.15, -0.1) is 0 Å². The van der Waals surface area contributed by atoms with Gasteiger partial charge < -0.3 is 29.3 Å². The second-order valence-corrected chi connectivity index (χ2v) is 10.6. The monoisotopic (exact) mass is 504 g/mol. The van der Waals surface area contributed by atoms with E-state index in [2.05, 4.69) is 24.1 Å². The molecule has 36 heavy (non-hydrogen) atoms. The minimum Gasteiger partial charge on any atom is -0.491 e. The number of nitrogens with one attached hydrogen (secondary N) is 1. The third-order valence-electron chi connectivity index (χ3n) is 7.15. The summed E-state index contributed by atoms with van der Waals surface area (Å²) in [6, 6.07) is 5.39. The van der Waals surface area contributed by atoms with Crippen molar-refractivity contribution >= 4 is 17.5 Å². The van der Waals surface area contributed by atoms with E-state index in [4.69, 9.17) is 14.2 Å². The predicted octanol–water partition coefficient (Wildman–Crippen LogP) is 2.42. The van der Waals surface area contributed by atoms with Gasteiger partial charge in [-0.05, 0) is 57.8 Å². The van der Waals surface area contributed by atoms with Crippen molar-refractivity contribution in [1.29, 1.82) is 0 Å². The maximum atomic E-state index is 13.4. The Labute approximate surface area is 216 Å². The number of hydrogen-bond donors (Lipinski definition) is 1. The van der Waals surface area contributed by atoms with Gasteiger partial charge in [0.2, 0.25) is 5.91 Å². The summed E-state index contributed by atoms with van der Waals surface area (Å²) < 4.78 is 17.7. The molecule has 2 heterocycles. The van der Waals surface area contributed by atoms with Crippen molar-refractivity contribution in [3.63, 3.8) is 0 Å². The lowest BCUT2D eigenvalue weighted by atomic mass is 9.96. The zero-order chi connectivity index (χ0) is 26.2. The summed E-state index contributed by atoms with van der Waals surface area (Å²) in [7, 11) is 7.21. The van der Waals surface area contributed by atoms with Gasteiger partial charge in [-0.25, -0.2) is 0 Å². The molecule has 9 heteroatoms. The smallest absolute Gasteiger partial charge is 0.257 e. The largest absolute Gasteiger partial charge is 0.491 e. The number of methoxy groups -OCH3 is 1. The van der Waals surface area contributed by atoms with E-state index in [-0.39, 0.29) is 36.4 Å². The van der Waals surface area contributed by atoms with E-state index in [1.807, 2.05) is 14.1 Å². The maximum absolute atomic E-state index is 13.4. The van der Waals surface area contributed by atoms with E-state index in [0.717, 1.165) is 39.1 Å². The third kappa shape index (κ3) is 7.90. The minimum atomic E-state index is -0.127. The molecule has 9 nitrogen and oxygen atoms in total. The average Bonchev–Trinajstić information content (AvgIpc) is 2.84. The van der Waals surface area contributed by atoms with Crippen LogP contribution in [0.3, 0.4) is 0 Å². The van der Waals surface area contributed by atoms with Crippen molar-refractivity contribution in [2.75, 3.05) is 79.6 Å². The number of amides is 2. The molecule has 0 aromatic heterocycles. The van der Waals surface area contributed by atoms with Crippen LogP contribution < -0.4 is 10.1 Å². The Hall–Kier alpha value is -2.20. The number of anilines is 1. The van der Waals surface area contributed by atoms with Gasteiger partial charge >= 0.3 is 0 Å². The second-order valence-electron chi connectivity index (χ2n) is 10.6. The summed E-state index contributed by atoms with van der Waals surface area (Å²) in [5, 5.41) is 2.90. The van der Waals surface area contributed by atoms with Crippen molar-refractivity contribution in [3.8, 4) is 5.75 Å². The zero-order valence-electron chi connectivity index (χ0n) is 22.8. The number of nitrogens with zero attached hydrogens (tertiary/aromatic N) is 3. The summed E-state index contributed by atoms with van der Waals surface area (Å²) in [5.41, 5.74) is 1.09. The molecular formula is C27H44N4O5.